The summed E-state index contributed by atoms with van der Waals surface area (Å²) < 4.78 is 13.3. The molecule has 1 aliphatic carbocycles. The Morgan fingerprint density at radius 2 is 2.20 bits per heavy atom. The Bertz CT molecular complexity index is 385. The molecule has 1 saturated carbocycles. The molecule has 0 heterocycles. The van der Waals surface area contributed by atoms with Crippen LogP contribution in [0.1, 0.15) is 24.8 Å². The van der Waals surface area contributed by atoms with E-state index in [1.807, 2.05) is 6.92 Å². The number of nitrogens with one attached hydrogen (secondary N) is 1. The fourth-order valence-electron chi connectivity index (χ4n) is 1.64. The van der Waals surface area contributed by atoms with Crippen molar-refractivity contribution in [3.8, 4) is 0 Å². The molecular weight excluding hydrogens is 193 g/mol. The second kappa shape index (κ2) is 4.01. The zero-order chi connectivity index (χ0) is 10.8. The molecule has 1 aromatic rings. The van der Waals surface area contributed by atoms with E-state index >= 15 is 0 Å². The molecule has 1 fully saturated rings. The van der Waals surface area contributed by atoms with E-state index in [-0.39, 0.29) is 17.6 Å². The van der Waals surface area contributed by atoms with Crippen molar-refractivity contribution >= 4 is 11.6 Å². The van der Waals surface area contributed by atoms with E-state index in [1.54, 1.807) is 12.1 Å². The van der Waals surface area contributed by atoms with E-state index < -0.39 is 0 Å². The molecule has 0 radical (unpaired) electrons. The zero-order valence-corrected chi connectivity index (χ0v) is 8.72. The van der Waals surface area contributed by atoms with Gasteiger partial charge in [-0.25, -0.2) is 4.39 Å². The summed E-state index contributed by atoms with van der Waals surface area (Å²) in [6.45, 7) is 1.87. The van der Waals surface area contributed by atoms with E-state index in [0.717, 1.165) is 24.8 Å². The highest BCUT2D eigenvalue weighted by atomic mass is 19.1. The Hall–Kier alpha value is -1.38. The summed E-state index contributed by atoms with van der Waals surface area (Å²) in [5.41, 5.74) is 1.24. The molecule has 1 N–H and O–H groups in total. The number of amides is 1. The summed E-state index contributed by atoms with van der Waals surface area (Å²) >= 11 is 0. The number of hydrogen-bond acceptors (Lipinski definition) is 1. The van der Waals surface area contributed by atoms with Crippen molar-refractivity contribution in [1.29, 1.82) is 0 Å². The van der Waals surface area contributed by atoms with Gasteiger partial charge in [0, 0.05) is 5.92 Å². The molecule has 0 bridgehead atoms. The van der Waals surface area contributed by atoms with Crippen LogP contribution in [0.3, 0.4) is 0 Å². The van der Waals surface area contributed by atoms with E-state index in [4.69, 9.17) is 0 Å². The van der Waals surface area contributed by atoms with Crippen molar-refractivity contribution in [3.63, 3.8) is 0 Å². The average molecular weight is 207 g/mol. The first-order valence-corrected chi connectivity index (χ1v) is 5.24. The summed E-state index contributed by atoms with van der Waals surface area (Å²) in [7, 11) is 0. The van der Waals surface area contributed by atoms with Gasteiger partial charge in [-0.2, -0.15) is 0 Å². The molecule has 0 aromatic heterocycles. The molecule has 0 aliphatic heterocycles. The van der Waals surface area contributed by atoms with Crippen molar-refractivity contribution in [2.45, 2.75) is 26.2 Å². The number of hydrogen-bond donors (Lipinski definition) is 1. The quantitative estimate of drug-likeness (QED) is 0.793. The lowest BCUT2D eigenvalue weighted by Crippen LogP contribution is -2.28. The normalized spacial score (nSPS) is 15.9. The van der Waals surface area contributed by atoms with Gasteiger partial charge in [-0.1, -0.05) is 12.5 Å². The molecule has 1 aromatic carbocycles. The first kappa shape index (κ1) is 10.1. The third kappa shape index (κ3) is 2.17. The van der Waals surface area contributed by atoms with Crippen LogP contribution < -0.4 is 5.32 Å². The van der Waals surface area contributed by atoms with E-state index in [9.17, 15) is 9.18 Å². The molecular formula is C12H14FNO. The van der Waals surface area contributed by atoms with Gasteiger partial charge < -0.3 is 5.32 Å². The van der Waals surface area contributed by atoms with Crippen LogP contribution in [0.2, 0.25) is 0 Å². The highest BCUT2D eigenvalue weighted by Crippen LogP contribution is 2.28. The molecule has 0 saturated heterocycles. The Kier molecular flexibility index (Phi) is 2.71. The van der Waals surface area contributed by atoms with Gasteiger partial charge >= 0.3 is 0 Å². The number of benzene rings is 1. The monoisotopic (exact) mass is 207 g/mol. The summed E-state index contributed by atoms with van der Waals surface area (Å²) in [4.78, 5) is 11.6. The van der Waals surface area contributed by atoms with Gasteiger partial charge in [0.1, 0.15) is 5.82 Å². The maximum Gasteiger partial charge on any atom is 0.227 e. The maximum atomic E-state index is 13.3. The highest BCUT2D eigenvalue weighted by molar-refractivity contribution is 5.93. The summed E-state index contributed by atoms with van der Waals surface area (Å²) in [6.07, 6.45) is 2.97. The predicted octanol–water partition coefficient (Wildman–Crippen LogP) is 2.87. The van der Waals surface area contributed by atoms with Crippen LogP contribution in [0.5, 0.6) is 0 Å². The van der Waals surface area contributed by atoms with Crippen molar-refractivity contribution in [2.75, 3.05) is 5.32 Å². The lowest BCUT2D eigenvalue weighted by Gasteiger charge is -2.24. The number of carbonyl (C=O) groups is 1. The van der Waals surface area contributed by atoms with Crippen LogP contribution in [0.15, 0.2) is 18.2 Å². The molecule has 80 valence electrons. The fourth-order valence-corrected chi connectivity index (χ4v) is 1.64. The first-order chi connectivity index (χ1) is 7.16. The molecule has 2 rings (SSSR count). The van der Waals surface area contributed by atoms with Crippen LogP contribution in [0.4, 0.5) is 10.1 Å². The van der Waals surface area contributed by atoms with Crippen molar-refractivity contribution in [1.82, 2.24) is 0 Å². The molecule has 1 aliphatic rings. The van der Waals surface area contributed by atoms with Gasteiger partial charge in [0.05, 0.1) is 5.69 Å². The topological polar surface area (TPSA) is 29.1 Å². The van der Waals surface area contributed by atoms with Crippen molar-refractivity contribution in [3.05, 3.63) is 29.6 Å². The minimum absolute atomic E-state index is 0.0502. The molecule has 1 amide bonds. The predicted molar refractivity (Wildman–Crippen MR) is 57.1 cm³/mol. The van der Waals surface area contributed by atoms with E-state index in [0.29, 0.717) is 5.69 Å². The van der Waals surface area contributed by atoms with Gasteiger partial charge in [-0.15, -0.1) is 0 Å². The minimum atomic E-state index is -0.367. The minimum Gasteiger partial charge on any atom is -0.323 e. The van der Waals surface area contributed by atoms with Crippen molar-refractivity contribution < 1.29 is 9.18 Å². The van der Waals surface area contributed by atoms with Crippen LogP contribution >= 0.6 is 0 Å². The van der Waals surface area contributed by atoms with Crippen LogP contribution in [-0.2, 0) is 4.79 Å². The van der Waals surface area contributed by atoms with Crippen LogP contribution in [-0.4, -0.2) is 5.91 Å². The molecule has 0 spiro atoms. The standard InChI is InChI=1S/C12H14FNO/c1-8-5-6-10(13)11(7-8)14-12(15)9-3-2-4-9/h5-7,9H,2-4H2,1H3,(H,14,15). The smallest absolute Gasteiger partial charge is 0.227 e. The molecule has 0 unspecified atom stereocenters. The molecule has 15 heavy (non-hydrogen) atoms. The Balaban J connectivity index is 2.09. The maximum absolute atomic E-state index is 13.3. The molecule has 0 atom stereocenters. The SMILES string of the molecule is Cc1ccc(F)c(NC(=O)C2CCC2)c1. The van der Waals surface area contributed by atoms with Gasteiger partial charge in [0.25, 0.3) is 0 Å². The Morgan fingerprint density at radius 1 is 1.47 bits per heavy atom. The average Bonchev–Trinajstić information content (AvgIpc) is 2.08. The van der Waals surface area contributed by atoms with Gasteiger partial charge in [-0.05, 0) is 37.5 Å². The van der Waals surface area contributed by atoms with Crippen molar-refractivity contribution in [2.24, 2.45) is 5.92 Å². The number of anilines is 1. The second-order valence-corrected chi connectivity index (χ2v) is 4.10. The lowest BCUT2D eigenvalue weighted by molar-refractivity contribution is -0.122. The Labute approximate surface area is 88.5 Å². The third-order valence-electron chi connectivity index (χ3n) is 2.86. The van der Waals surface area contributed by atoms with Gasteiger partial charge in [0.2, 0.25) is 5.91 Å². The highest BCUT2D eigenvalue weighted by Gasteiger charge is 2.25. The third-order valence-corrected chi connectivity index (χ3v) is 2.86. The lowest BCUT2D eigenvalue weighted by atomic mass is 9.85. The summed E-state index contributed by atoms with van der Waals surface area (Å²) in [5.74, 6) is -0.330. The van der Waals surface area contributed by atoms with E-state index in [2.05, 4.69) is 5.32 Å². The fraction of sp³-hybridized carbons (Fsp3) is 0.417. The number of aryl methyl sites for hydroxylation is 1. The second-order valence-electron chi connectivity index (χ2n) is 4.10. The van der Waals surface area contributed by atoms with E-state index in [1.165, 1.54) is 6.07 Å². The summed E-state index contributed by atoms with van der Waals surface area (Å²) in [5, 5.41) is 2.64. The van der Waals surface area contributed by atoms with Gasteiger partial charge in [0.15, 0.2) is 0 Å². The number of carbonyl (C=O) groups excluding carboxylic acids is 1. The molecule has 2 nitrogen and oxygen atoms in total. The number of rotatable bonds is 2. The van der Waals surface area contributed by atoms with Crippen LogP contribution in [0.25, 0.3) is 0 Å². The molecule has 3 heteroatoms. The zero-order valence-electron chi connectivity index (χ0n) is 8.72. The Morgan fingerprint density at radius 3 is 2.80 bits per heavy atom. The van der Waals surface area contributed by atoms with Crippen LogP contribution in [0, 0.1) is 18.7 Å². The number of halogens is 1. The largest absolute Gasteiger partial charge is 0.323 e. The summed E-state index contributed by atoms with van der Waals surface area (Å²) in [6, 6.07) is 4.73. The first-order valence-electron chi connectivity index (χ1n) is 5.24. The van der Waals surface area contributed by atoms with Gasteiger partial charge in [-0.3, -0.25) is 4.79 Å².